The van der Waals surface area contributed by atoms with E-state index in [9.17, 15) is 30.4 Å². The number of fused-ring (bicyclic) bond motifs is 7. The molecule has 11 heteroatoms. The molecule has 6 aliphatic rings. The molecule has 342 valence electrons. The Morgan fingerprint density at radius 1 is 0.903 bits per heavy atom. The average Bonchev–Trinajstić information content (AvgIpc) is 3.48. The summed E-state index contributed by atoms with van der Waals surface area (Å²) in [6.07, 6.45) is 8.61. The Labute approximate surface area is 376 Å². The lowest BCUT2D eigenvalue weighted by atomic mass is 9.33. The molecule has 1 aromatic carbocycles. The van der Waals surface area contributed by atoms with Gasteiger partial charge in [0.2, 0.25) is 5.91 Å². The highest BCUT2D eigenvalue weighted by molar-refractivity contribution is 6.30. The molecule has 0 radical (unpaired) electrons. The largest absolute Gasteiger partial charge is 0.481 e. The zero-order valence-electron chi connectivity index (χ0n) is 39.8. The highest BCUT2D eigenvalue weighted by Gasteiger charge is 2.70. The van der Waals surface area contributed by atoms with Crippen LogP contribution in [-0.4, -0.2) is 59.9 Å². The van der Waals surface area contributed by atoms with Crippen molar-refractivity contribution in [3.63, 3.8) is 0 Å². The van der Waals surface area contributed by atoms with E-state index in [1.807, 2.05) is 13.8 Å². The van der Waals surface area contributed by atoms with Crippen molar-refractivity contribution >= 4 is 41.1 Å². The van der Waals surface area contributed by atoms with Crippen molar-refractivity contribution in [3.05, 3.63) is 46.0 Å². The summed E-state index contributed by atoms with van der Waals surface area (Å²) in [5.41, 5.74) is 6.74. The van der Waals surface area contributed by atoms with Gasteiger partial charge in [-0.2, -0.15) is 0 Å². The third-order valence-corrected chi connectivity index (χ3v) is 18.9. The Bertz CT molecular complexity index is 2050. The molecule has 0 heterocycles. The number of aliphatic carboxylic acids is 1. The maximum absolute atomic E-state index is 14.4. The van der Waals surface area contributed by atoms with E-state index in [4.69, 9.17) is 22.1 Å². The first-order valence-corrected chi connectivity index (χ1v) is 23.9. The van der Waals surface area contributed by atoms with Crippen LogP contribution in [-0.2, 0) is 23.9 Å². The van der Waals surface area contributed by atoms with Gasteiger partial charge in [0, 0.05) is 46.8 Å². The SMILES string of the molecule is [2H]C(CCCN)(CNC(=O)c1ccc(Cl)cc1)NC(=O)C[C@@]12CC[C@]3(C)[C@H](CC[C@@H]4[C@@]5(C)CC[C@H](OC(=O)[C@H]6C[C@@H](C(=O)O)C6(C)C)C(C)(C)[C@@H]5CC[C@]43C)C1=C(C(C)C)C(=O)C2. The number of esters is 1. The second-order valence-corrected chi connectivity index (χ2v) is 23.1. The summed E-state index contributed by atoms with van der Waals surface area (Å²) >= 11 is 6.03. The number of Topliss-reactive ketones (excluding diaryl/α,β-unsaturated/α-hetero) is 1. The molecule has 0 bridgehead atoms. The third kappa shape index (κ3) is 7.56. The molecular formula is C51H74ClN3O7. The summed E-state index contributed by atoms with van der Waals surface area (Å²) < 4.78 is 15.8. The van der Waals surface area contributed by atoms with Crippen molar-refractivity contribution in [2.24, 2.45) is 73.7 Å². The third-order valence-electron chi connectivity index (χ3n) is 18.7. The number of allylic oxidation sites excluding steroid dienone is 2. The molecule has 11 atom stereocenters. The van der Waals surface area contributed by atoms with Crippen LogP contribution in [0.4, 0.5) is 0 Å². The van der Waals surface area contributed by atoms with Gasteiger partial charge in [0.1, 0.15) is 6.10 Å². The van der Waals surface area contributed by atoms with Gasteiger partial charge in [0.15, 0.2) is 5.78 Å². The van der Waals surface area contributed by atoms with Crippen LogP contribution in [0.5, 0.6) is 0 Å². The molecule has 1 unspecified atom stereocenters. The van der Waals surface area contributed by atoms with Gasteiger partial charge in [-0.05, 0) is 152 Å². The highest BCUT2D eigenvalue weighted by Crippen LogP contribution is 2.77. The molecular weight excluding hydrogens is 802 g/mol. The van der Waals surface area contributed by atoms with E-state index in [2.05, 4.69) is 59.1 Å². The van der Waals surface area contributed by atoms with E-state index in [0.29, 0.717) is 48.2 Å². The Balaban J connectivity index is 1.11. The summed E-state index contributed by atoms with van der Waals surface area (Å²) in [4.78, 5) is 67.2. The van der Waals surface area contributed by atoms with Gasteiger partial charge in [-0.15, -0.1) is 0 Å². The minimum Gasteiger partial charge on any atom is -0.481 e. The Morgan fingerprint density at radius 2 is 1.60 bits per heavy atom. The fourth-order valence-electron chi connectivity index (χ4n) is 15.1. The number of carboxylic acids is 1. The average molecular weight is 878 g/mol. The lowest BCUT2D eigenvalue weighted by molar-refractivity contribution is -0.236. The second kappa shape index (κ2) is 16.6. The lowest BCUT2D eigenvalue weighted by Gasteiger charge is -2.72. The zero-order valence-corrected chi connectivity index (χ0v) is 39.6. The Hall–Kier alpha value is -3.24. The van der Waals surface area contributed by atoms with E-state index in [0.717, 1.165) is 56.9 Å². The summed E-state index contributed by atoms with van der Waals surface area (Å²) in [7, 11) is 0. The fraction of sp³-hybridized carbons (Fsp3) is 0.745. The molecule has 5 fully saturated rings. The number of nitrogens with two attached hydrogens (primary N) is 1. The van der Waals surface area contributed by atoms with Crippen molar-refractivity contribution in [3.8, 4) is 0 Å². The van der Waals surface area contributed by atoms with Crippen molar-refractivity contribution in [1.82, 2.24) is 10.6 Å². The first-order valence-electron chi connectivity index (χ1n) is 24.1. The van der Waals surface area contributed by atoms with E-state index < -0.39 is 34.7 Å². The van der Waals surface area contributed by atoms with Crippen LogP contribution in [0.1, 0.15) is 158 Å². The quantitative estimate of drug-likeness (QED) is 0.142. The number of benzene rings is 1. The van der Waals surface area contributed by atoms with Crippen LogP contribution in [0.2, 0.25) is 5.02 Å². The van der Waals surface area contributed by atoms with Crippen LogP contribution < -0.4 is 16.4 Å². The number of amides is 2. The van der Waals surface area contributed by atoms with Gasteiger partial charge in [0.25, 0.3) is 5.91 Å². The van der Waals surface area contributed by atoms with E-state index >= 15 is 0 Å². The van der Waals surface area contributed by atoms with E-state index in [1.54, 1.807) is 24.3 Å². The van der Waals surface area contributed by atoms with Gasteiger partial charge >= 0.3 is 11.9 Å². The van der Waals surface area contributed by atoms with E-state index in [-0.39, 0.29) is 82.6 Å². The highest BCUT2D eigenvalue weighted by atomic mass is 35.5. The summed E-state index contributed by atoms with van der Waals surface area (Å²) in [6, 6.07) is 5.03. The van der Waals surface area contributed by atoms with Crippen molar-refractivity contribution < 1.29 is 35.2 Å². The number of carbonyl (C=O) groups excluding carboxylic acids is 4. The van der Waals surface area contributed by atoms with Crippen LogP contribution in [0, 0.1) is 68.0 Å². The number of nitrogens with one attached hydrogen (secondary N) is 2. The first kappa shape index (κ1) is 45.3. The van der Waals surface area contributed by atoms with E-state index in [1.165, 1.54) is 5.57 Å². The molecule has 0 spiro atoms. The molecule has 62 heavy (non-hydrogen) atoms. The molecule has 1 aromatic rings. The topological polar surface area (TPSA) is 165 Å². The smallest absolute Gasteiger partial charge is 0.309 e. The predicted octanol–water partition coefficient (Wildman–Crippen LogP) is 9.32. The van der Waals surface area contributed by atoms with Gasteiger partial charge < -0.3 is 26.2 Å². The van der Waals surface area contributed by atoms with Gasteiger partial charge in [-0.1, -0.05) is 79.5 Å². The first-order chi connectivity index (χ1) is 29.3. The summed E-state index contributed by atoms with van der Waals surface area (Å²) in [5.74, 6) is -1.63. The number of ether oxygens (including phenoxy) is 1. The number of hydrogen-bond acceptors (Lipinski definition) is 7. The molecule has 6 aliphatic carbocycles. The molecule has 0 aromatic heterocycles. The number of carbonyl (C=O) groups is 5. The van der Waals surface area contributed by atoms with Gasteiger partial charge in [-0.25, -0.2) is 0 Å². The molecule has 5 N–H and O–H groups in total. The zero-order chi connectivity index (χ0) is 46.3. The second-order valence-electron chi connectivity index (χ2n) is 22.7. The Morgan fingerprint density at radius 3 is 2.23 bits per heavy atom. The van der Waals surface area contributed by atoms with Crippen molar-refractivity contribution in [2.75, 3.05) is 13.1 Å². The fourth-order valence-corrected chi connectivity index (χ4v) is 15.2. The minimum atomic E-state index is -1.49. The molecule has 0 saturated heterocycles. The minimum absolute atomic E-state index is 0.0106. The number of ketones is 1. The number of hydrogen-bond donors (Lipinski definition) is 4. The normalized spacial score (nSPS) is 37.9. The van der Waals surface area contributed by atoms with Gasteiger partial charge in [-0.3, -0.25) is 24.0 Å². The maximum Gasteiger partial charge on any atom is 0.309 e. The predicted molar refractivity (Wildman–Crippen MR) is 241 cm³/mol. The number of rotatable bonds is 13. The molecule has 0 aliphatic heterocycles. The van der Waals surface area contributed by atoms with Crippen LogP contribution in [0.25, 0.3) is 0 Å². The molecule has 5 saturated carbocycles. The van der Waals surface area contributed by atoms with Crippen LogP contribution in [0.3, 0.4) is 0 Å². The molecule has 2 amide bonds. The monoisotopic (exact) mass is 877 g/mol. The van der Waals surface area contributed by atoms with Crippen molar-refractivity contribution in [2.45, 2.75) is 158 Å². The van der Waals surface area contributed by atoms with Crippen LogP contribution >= 0.6 is 11.6 Å². The molecule has 7 rings (SSSR count). The van der Waals surface area contributed by atoms with Gasteiger partial charge in [0.05, 0.1) is 13.2 Å². The number of carboxylic acid groups (broad SMARTS) is 1. The summed E-state index contributed by atoms with van der Waals surface area (Å²) in [6.45, 7) is 20.3. The van der Waals surface area contributed by atoms with Crippen molar-refractivity contribution in [1.29, 1.82) is 0 Å². The lowest BCUT2D eigenvalue weighted by Crippen LogP contribution is -2.66. The Kier molecular flexibility index (Phi) is 12.2. The van der Waals surface area contributed by atoms with Crippen LogP contribution in [0.15, 0.2) is 35.4 Å². The standard InChI is InChI=1S/C51H74ClN3O7/c1-29(2)41-36(56)26-51(27-40(57)55-32(11-10-24-53)28-54-43(58)30-12-14-31(52)15-13-30)23-22-49(8)33(42(41)51)16-17-38-48(7)20-19-39(47(5,6)37(48)18-21-50(38,49)9)62-45(61)35-25-34(44(59)60)46(35,3)4/h12-15,29,32-35,37-39H,10-11,16-28,53H2,1-9H3,(H,54,58)(H,55,57)(H,59,60)/t32?,33-,34+,35-,37+,38-,39+,48+,49-,50-,51+/m1/s1/i32D. The number of halogens is 1. The maximum atomic E-state index is 14.4. The summed E-state index contributed by atoms with van der Waals surface area (Å²) in [5, 5.41) is 16.1. The molecule has 10 nitrogen and oxygen atoms in total.